The lowest BCUT2D eigenvalue weighted by Gasteiger charge is -2.25. The van der Waals surface area contributed by atoms with Gasteiger partial charge in [0.2, 0.25) is 11.8 Å². The normalized spacial score (nSPS) is 14.9. The van der Waals surface area contributed by atoms with Gasteiger partial charge in [-0.2, -0.15) is 0 Å². The van der Waals surface area contributed by atoms with E-state index in [0.717, 1.165) is 32.2 Å². The molecule has 0 unspecified atom stereocenters. The summed E-state index contributed by atoms with van der Waals surface area (Å²) in [6.45, 7) is 9.45. The van der Waals surface area contributed by atoms with Gasteiger partial charge in [-0.05, 0) is 33.6 Å². The third-order valence-electron chi connectivity index (χ3n) is 4.83. The van der Waals surface area contributed by atoms with E-state index in [0.29, 0.717) is 38.7 Å². The maximum absolute atomic E-state index is 12.3. The van der Waals surface area contributed by atoms with Gasteiger partial charge in [0.15, 0.2) is 5.96 Å². The molecule has 1 rings (SSSR count). The van der Waals surface area contributed by atoms with E-state index in [1.165, 1.54) is 6.42 Å². The molecule has 7 nitrogen and oxygen atoms in total. The van der Waals surface area contributed by atoms with Crippen LogP contribution in [-0.2, 0) is 9.59 Å². The summed E-state index contributed by atoms with van der Waals surface area (Å²) in [6, 6.07) is 0. The van der Waals surface area contributed by atoms with Crippen LogP contribution in [0.3, 0.4) is 0 Å². The summed E-state index contributed by atoms with van der Waals surface area (Å²) in [4.78, 5) is 32.6. The van der Waals surface area contributed by atoms with E-state index in [9.17, 15) is 9.59 Å². The van der Waals surface area contributed by atoms with Gasteiger partial charge >= 0.3 is 0 Å². The molecule has 158 valence electrons. The third-order valence-corrected chi connectivity index (χ3v) is 4.83. The molecule has 1 saturated carbocycles. The topological polar surface area (TPSA) is 77.0 Å². The molecule has 0 atom stereocenters. The van der Waals surface area contributed by atoms with Crippen LogP contribution in [0.4, 0.5) is 0 Å². The predicted octanol–water partition coefficient (Wildman–Crippen LogP) is 2.07. The smallest absolute Gasteiger partial charge is 0.242 e. The Bertz CT molecular complexity index is 463. The number of guanidine groups is 1. The van der Waals surface area contributed by atoms with Gasteiger partial charge in [0.05, 0.1) is 13.1 Å². The van der Waals surface area contributed by atoms with E-state index in [1.54, 1.807) is 0 Å². The van der Waals surface area contributed by atoms with Gasteiger partial charge < -0.3 is 20.4 Å². The fourth-order valence-corrected chi connectivity index (χ4v) is 3.27. The number of hydrogen-bond acceptors (Lipinski definition) is 3. The minimum absolute atomic E-state index is 0. The molecule has 0 heterocycles. The number of nitrogens with zero attached hydrogens (tertiary/aromatic N) is 3. The van der Waals surface area contributed by atoms with E-state index >= 15 is 0 Å². The van der Waals surface area contributed by atoms with Crippen LogP contribution >= 0.6 is 24.0 Å². The van der Waals surface area contributed by atoms with Crippen LogP contribution in [0.5, 0.6) is 0 Å². The van der Waals surface area contributed by atoms with Gasteiger partial charge in [-0.25, -0.2) is 0 Å². The Morgan fingerprint density at radius 3 is 2.22 bits per heavy atom. The lowest BCUT2D eigenvalue weighted by Crippen LogP contribution is -2.46. The van der Waals surface area contributed by atoms with Crippen molar-refractivity contribution in [3.63, 3.8) is 0 Å². The van der Waals surface area contributed by atoms with Crippen molar-refractivity contribution in [1.29, 1.82) is 0 Å². The van der Waals surface area contributed by atoms with Crippen LogP contribution in [0.25, 0.3) is 0 Å². The summed E-state index contributed by atoms with van der Waals surface area (Å²) in [5, 5.41) is 6.21. The molecular formula is C19H38IN5O2. The van der Waals surface area contributed by atoms with Crippen molar-refractivity contribution in [2.24, 2.45) is 10.9 Å². The minimum Gasteiger partial charge on any atom is -0.357 e. The van der Waals surface area contributed by atoms with Crippen LogP contribution in [0, 0.1) is 5.92 Å². The molecule has 0 saturated heterocycles. The fraction of sp³-hybridized carbons (Fsp3) is 0.842. The molecule has 0 spiro atoms. The summed E-state index contributed by atoms with van der Waals surface area (Å²) in [5.41, 5.74) is 0. The fourth-order valence-electron chi connectivity index (χ4n) is 3.27. The Hall–Kier alpha value is -1.06. The van der Waals surface area contributed by atoms with Crippen LogP contribution in [0.15, 0.2) is 4.99 Å². The van der Waals surface area contributed by atoms with Crippen molar-refractivity contribution in [1.82, 2.24) is 20.4 Å². The number of carbonyl (C=O) groups is 2. The van der Waals surface area contributed by atoms with Crippen molar-refractivity contribution in [2.45, 2.75) is 52.9 Å². The van der Waals surface area contributed by atoms with E-state index in [-0.39, 0.29) is 41.7 Å². The molecule has 27 heavy (non-hydrogen) atoms. The molecule has 0 bridgehead atoms. The summed E-state index contributed by atoms with van der Waals surface area (Å²) in [5.74, 6) is 1.12. The molecule has 0 aromatic heterocycles. The molecule has 0 aromatic rings. The minimum atomic E-state index is 0. The van der Waals surface area contributed by atoms with Crippen LogP contribution < -0.4 is 10.6 Å². The number of halogens is 1. The quantitative estimate of drug-likeness (QED) is 0.222. The lowest BCUT2D eigenvalue weighted by atomic mass is 9.89. The van der Waals surface area contributed by atoms with Gasteiger partial charge in [0.25, 0.3) is 0 Å². The number of carbonyl (C=O) groups excluding carboxylic acids is 2. The molecule has 1 aliphatic rings. The maximum atomic E-state index is 12.3. The molecule has 1 aliphatic carbocycles. The molecule has 2 amide bonds. The summed E-state index contributed by atoms with van der Waals surface area (Å²) < 4.78 is 0. The average Bonchev–Trinajstić information content (AvgIpc) is 2.65. The van der Waals surface area contributed by atoms with E-state index in [4.69, 9.17) is 0 Å². The zero-order chi connectivity index (χ0) is 19.4. The van der Waals surface area contributed by atoms with Gasteiger partial charge in [-0.15, -0.1) is 24.0 Å². The summed E-state index contributed by atoms with van der Waals surface area (Å²) in [7, 11) is 1.86. The first-order chi connectivity index (χ1) is 12.5. The highest BCUT2D eigenvalue weighted by atomic mass is 127. The molecule has 1 fully saturated rings. The first-order valence-corrected chi connectivity index (χ1v) is 10.1. The van der Waals surface area contributed by atoms with Gasteiger partial charge in [0, 0.05) is 39.1 Å². The molecule has 0 aliphatic heterocycles. The monoisotopic (exact) mass is 495 g/mol. The standard InChI is InChI=1S/C19H37N5O2.HI/c1-5-20-19(23(4)15-17(25)24(6-2)7-3)22-14-13-21-18(26)16-11-9-8-10-12-16;/h16H,5-15H2,1-4H3,(H,20,22)(H,21,26);1H. The first-order valence-electron chi connectivity index (χ1n) is 10.1. The molecule has 0 radical (unpaired) electrons. The lowest BCUT2D eigenvalue weighted by molar-refractivity contribution is -0.131. The molecular weight excluding hydrogens is 457 g/mol. The second kappa shape index (κ2) is 14.9. The molecule has 8 heteroatoms. The molecule has 0 aromatic carbocycles. The highest BCUT2D eigenvalue weighted by Gasteiger charge is 2.20. The van der Waals surface area contributed by atoms with Crippen molar-refractivity contribution in [2.75, 3.05) is 46.3 Å². The average molecular weight is 495 g/mol. The van der Waals surface area contributed by atoms with E-state index < -0.39 is 0 Å². The number of amides is 2. The number of rotatable bonds is 9. The van der Waals surface area contributed by atoms with E-state index in [1.807, 2.05) is 37.6 Å². The summed E-state index contributed by atoms with van der Waals surface area (Å²) in [6.07, 6.45) is 5.58. The number of aliphatic imine (C=N–C) groups is 1. The number of nitrogens with one attached hydrogen (secondary N) is 2. The summed E-state index contributed by atoms with van der Waals surface area (Å²) >= 11 is 0. The Balaban J connectivity index is 0.00000676. The largest absolute Gasteiger partial charge is 0.357 e. The van der Waals surface area contributed by atoms with Crippen LogP contribution in [0.2, 0.25) is 0 Å². The second-order valence-electron chi connectivity index (χ2n) is 6.78. The Kier molecular flexibility index (Phi) is 14.3. The highest BCUT2D eigenvalue weighted by Crippen LogP contribution is 2.23. The Morgan fingerprint density at radius 2 is 1.67 bits per heavy atom. The van der Waals surface area contributed by atoms with Crippen molar-refractivity contribution in [3.8, 4) is 0 Å². The van der Waals surface area contributed by atoms with Crippen LogP contribution in [-0.4, -0.2) is 73.9 Å². The number of likely N-dealkylation sites (N-methyl/N-ethyl adjacent to an activating group) is 2. The van der Waals surface area contributed by atoms with Gasteiger partial charge in [0.1, 0.15) is 0 Å². The van der Waals surface area contributed by atoms with Crippen molar-refractivity contribution >= 4 is 41.8 Å². The Labute approximate surface area is 181 Å². The van der Waals surface area contributed by atoms with E-state index in [2.05, 4.69) is 15.6 Å². The van der Waals surface area contributed by atoms with Crippen molar-refractivity contribution in [3.05, 3.63) is 0 Å². The van der Waals surface area contributed by atoms with Gasteiger partial charge in [-0.3, -0.25) is 14.6 Å². The van der Waals surface area contributed by atoms with Crippen LogP contribution in [0.1, 0.15) is 52.9 Å². The first kappa shape index (κ1) is 25.9. The zero-order valence-electron chi connectivity index (χ0n) is 17.4. The van der Waals surface area contributed by atoms with Crippen molar-refractivity contribution < 1.29 is 9.59 Å². The Morgan fingerprint density at radius 1 is 1.04 bits per heavy atom. The predicted molar refractivity (Wildman–Crippen MR) is 122 cm³/mol. The van der Waals surface area contributed by atoms with Gasteiger partial charge in [-0.1, -0.05) is 19.3 Å². The highest BCUT2D eigenvalue weighted by molar-refractivity contribution is 14.0. The second-order valence-corrected chi connectivity index (χ2v) is 6.78. The zero-order valence-corrected chi connectivity index (χ0v) is 19.8. The maximum Gasteiger partial charge on any atom is 0.242 e. The number of hydrogen-bond donors (Lipinski definition) is 2. The molecule has 2 N–H and O–H groups in total. The third kappa shape index (κ3) is 9.62. The SMILES string of the molecule is CCNC(=NCCNC(=O)C1CCCCC1)N(C)CC(=O)N(CC)CC.I.